The number of hydrogen-bond acceptors (Lipinski definition) is 2. The molecule has 4 rings (SSSR count). The molecular formula is C25H21NO. The minimum Gasteiger partial charge on any atom is -0.497 e. The van der Waals surface area contributed by atoms with Crippen molar-refractivity contribution in [2.75, 3.05) is 12.0 Å². The second-order valence-corrected chi connectivity index (χ2v) is 6.28. The Hall–Kier alpha value is -3.52. The molecule has 0 atom stereocenters. The third kappa shape index (κ3) is 3.70. The lowest BCUT2D eigenvalue weighted by molar-refractivity contribution is 0.415. The van der Waals surface area contributed by atoms with Gasteiger partial charge in [-0.3, -0.25) is 0 Å². The minimum absolute atomic E-state index is 0.870. The average Bonchev–Trinajstić information content (AvgIpc) is 2.76. The molecule has 0 saturated carbocycles. The van der Waals surface area contributed by atoms with Crippen molar-refractivity contribution in [3.05, 3.63) is 109 Å². The zero-order chi connectivity index (χ0) is 18.5. The predicted molar refractivity (Wildman–Crippen MR) is 113 cm³/mol. The molecule has 0 radical (unpaired) electrons. The molecular weight excluding hydrogens is 330 g/mol. The van der Waals surface area contributed by atoms with Gasteiger partial charge in [-0.2, -0.15) is 0 Å². The Labute approximate surface area is 160 Å². The fourth-order valence-corrected chi connectivity index (χ4v) is 3.19. The second kappa shape index (κ2) is 7.79. The molecule has 0 spiro atoms. The van der Waals surface area contributed by atoms with Crippen LogP contribution in [0.3, 0.4) is 0 Å². The average molecular weight is 351 g/mol. The normalized spacial score (nSPS) is 10.4. The van der Waals surface area contributed by atoms with Gasteiger partial charge in [-0.15, -0.1) is 0 Å². The van der Waals surface area contributed by atoms with Crippen LogP contribution in [-0.4, -0.2) is 7.11 Å². The van der Waals surface area contributed by atoms with Gasteiger partial charge >= 0.3 is 0 Å². The van der Waals surface area contributed by atoms with Crippen molar-refractivity contribution < 1.29 is 4.74 Å². The first-order valence-electron chi connectivity index (χ1n) is 9.00. The first-order valence-corrected chi connectivity index (χ1v) is 9.00. The number of methoxy groups -OCH3 is 1. The zero-order valence-electron chi connectivity index (χ0n) is 15.2. The van der Waals surface area contributed by atoms with Crippen LogP contribution in [0.4, 0.5) is 17.1 Å². The highest BCUT2D eigenvalue weighted by Gasteiger charge is 2.11. The van der Waals surface area contributed by atoms with E-state index in [1.807, 2.05) is 24.3 Å². The van der Waals surface area contributed by atoms with Crippen molar-refractivity contribution in [3.8, 4) is 16.9 Å². The number of ether oxygens (including phenoxy) is 1. The van der Waals surface area contributed by atoms with E-state index in [1.54, 1.807) is 7.11 Å². The van der Waals surface area contributed by atoms with Gasteiger partial charge in [-0.05, 0) is 59.7 Å². The van der Waals surface area contributed by atoms with Gasteiger partial charge in [0.25, 0.3) is 0 Å². The van der Waals surface area contributed by atoms with Gasteiger partial charge in [0.2, 0.25) is 0 Å². The maximum atomic E-state index is 5.25. The summed E-state index contributed by atoms with van der Waals surface area (Å²) in [4.78, 5) is 2.26. The molecule has 0 aliphatic rings. The van der Waals surface area contributed by atoms with E-state index in [9.17, 15) is 0 Å². The van der Waals surface area contributed by atoms with Crippen LogP contribution in [-0.2, 0) is 0 Å². The van der Waals surface area contributed by atoms with E-state index in [2.05, 4.69) is 89.8 Å². The number of hydrogen-bond donors (Lipinski definition) is 0. The van der Waals surface area contributed by atoms with Crippen molar-refractivity contribution in [2.24, 2.45) is 0 Å². The number of para-hydroxylation sites is 2. The molecule has 27 heavy (non-hydrogen) atoms. The standard InChI is InChI=1S/C25H21NO/c1-27-25-18-14-21(15-19-25)20-12-16-24(17-13-20)26(22-8-4-2-5-9-22)23-10-6-3-7-11-23/h2-19H,1H3. The van der Waals surface area contributed by atoms with Gasteiger partial charge in [0.15, 0.2) is 0 Å². The molecule has 0 N–H and O–H groups in total. The highest BCUT2D eigenvalue weighted by Crippen LogP contribution is 2.35. The Morgan fingerprint density at radius 3 is 1.33 bits per heavy atom. The summed E-state index contributed by atoms with van der Waals surface area (Å²) in [6.07, 6.45) is 0. The van der Waals surface area contributed by atoms with E-state index in [1.165, 1.54) is 11.1 Å². The van der Waals surface area contributed by atoms with Crippen LogP contribution in [0.2, 0.25) is 0 Å². The van der Waals surface area contributed by atoms with Crippen molar-refractivity contribution in [1.82, 2.24) is 0 Å². The van der Waals surface area contributed by atoms with Crippen LogP contribution < -0.4 is 9.64 Å². The van der Waals surface area contributed by atoms with Crippen molar-refractivity contribution in [3.63, 3.8) is 0 Å². The minimum atomic E-state index is 0.870. The number of anilines is 3. The number of nitrogens with zero attached hydrogens (tertiary/aromatic N) is 1. The maximum absolute atomic E-state index is 5.25. The summed E-state index contributed by atoms with van der Waals surface area (Å²) < 4.78 is 5.25. The Kier molecular flexibility index (Phi) is 4.88. The lowest BCUT2D eigenvalue weighted by atomic mass is 10.0. The van der Waals surface area contributed by atoms with Gasteiger partial charge in [0, 0.05) is 17.1 Å². The SMILES string of the molecule is COc1ccc(-c2ccc(N(c3ccccc3)c3ccccc3)cc2)cc1. The van der Waals surface area contributed by atoms with E-state index in [0.717, 1.165) is 22.8 Å². The van der Waals surface area contributed by atoms with Gasteiger partial charge in [-0.25, -0.2) is 0 Å². The molecule has 132 valence electrons. The summed E-state index contributed by atoms with van der Waals surface area (Å²) in [5, 5.41) is 0. The summed E-state index contributed by atoms with van der Waals surface area (Å²) in [6, 6.07) is 37.7. The largest absolute Gasteiger partial charge is 0.497 e. The Bertz CT molecular complexity index is 938. The van der Waals surface area contributed by atoms with Crippen LogP contribution >= 0.6 is 0 Å². The molecule has 2 heteroatoms. The van der Waals surface area contributed by atoms with Crippen LogP contribution in [0, 0.1) is 0 Å². The molecule has 0 aromatic heterocycles. The highest BCUT2D eigenvalue weighted by molar-refractivity contribution is 5.78. The molecule has 0 saturated heterocycles. The lowest BCUT2D eigenvalue weighted by Crippen LogP contribution is -2.09. The predicted octanol–water partition coefficient (Wildman–Crippen LogP) is 6.83. The van der Waals surface area contributed by atoms with Gasteiger partial charge < -0.3 is 9.64 Å². The third-order valence-electron chi connectivity index (χ3n) is 4.58. The number of benzene rings is 4. The van der Waals surface area contributed by atoms with E-state index in [4.69, 9.17) is 4.74 Å². The second-order valence-electron chi connectivity index (χ2n) is 6.28. The Balaban J connectivity index is 1.70. The summed E-state index contributed by atoms with van der Waals surface area (Å²) >= 11 is 0. The molecule has 0 unspecified atom stereocenters. The van der Waals surface area contributed by atoms with Gasteiger partial charge in [-0.1, -0.05) is 60.7 Å². The number of rotatable bonds is 5. The fraction of sp³-hybridized carbons (Fsp3) is 0.0400. The summed E-state index contributed by atoms with van der Waals surface area (Å²) in [5.74, 6) is 0.870. The summed E-state index contributed by atoms with van der Waals surface area (Å²) in [5.41, 5.74) is 5.77. The first-order chi connectivity index (χ1) is 13.3. The lowest BCUT2D eigenvalue weighted by Gasteiger charge is -2.25. The first kappa shape index (κ1) is 16.9. The maximum Gasteiger partial charge on any atom is 0.118 e. The quantitative estimate of drug-likeness (QED) is 0.390. The zero-order valence-corrected chi connectivity index (χ0v) is 15.2. The van der Waals surface area contributed by atoms with Gasteiger partial charge in [0.05, 0.1) is 7.11 Å². The monoisotopic (exact) mass is 351 g/mol. The molecule has 2 nitrogen and oxygen atoms in total. The van der Waals surface area contributed by atoms with Crippen molar-refractivity contribution in [1.29, 1.82) is 0 Å². The summed E-state index contributed by atoms with van der Waals surface area (Å²) in [6.45, 7) is 0. The molecule has 0 heterocycles. The molecule has 0 fully saturated rings. The summed E-state index contributed by atoms with van der Waals surface area (Å²) in [7, 11) is 1.69. The Morgan fingerprint density at radius 2 is 0.889 bits per heavy atom. The van der Waals surface area contributed by atoms with E-state index < -0.39 is 0 Å². The van der Waals surface area contributed by atoms with E-state index >= 15 is 0 Å². The highest BCUT2D eigenvalue weighted by atomic mass is 16.5. The van der Waals surface area contributed by atoms with Gasteiger partial charge in [0.1, 0.15) is 5.75 Å². The van der Waals surface area contributed by atoms with Crippen LogP contribution in [0.15, 0.2) is 109 Å². The van der Waals surface area contributed by atoms with E-state index in [0.29, 0.717) is 0 Å². The third-order valence-corrected chi connectivity index (χ3v) is 4.58. The molecule has 0 aliphatic heterocycles. The van der Waals surface area contributed by atoms with Crippen LogP contribution in [0.25, 0.3) is 11.1 Å². The molecule has 0 aliphatic carbocycles. The smallest absolute Gasteiger partial charge is 0.118 e. The Morgan fingerprint density at radius 1 is 0.481 bits per heavy atom. The molecule has 4 aromatic carbocycles. The van der Waals surface area contributed by atoms with Crippen LogP contribution in [0.5, 0.6) is 5.75 Å². The van der Waals surface area contributed by atoms with E-state index in [-0.39, 0.29) is 0 Å². The topological polar surface area (TPSA) is 12.5 Å². The van der Waals surface area contributed by atoms with Crippen molar-refractivity contribution in [2.45, 2.75) is 0 Å². The molecule has 0 amide bonds. The van der Waals surface area contributed by atoms with Crippen molar-refractivity contribution >= 4 is 17.1 Å². The molecule has 0 bridgehead atoms. The van der Waals surface area contributed by atoms with Crippen LogP contribution in [0.1, 0.15) is 0 Å². The molecule has 4 aromatic rings. The fourth-order valence-electron chi connectivity index (χ4n) is 3.19.